The molecule has 1 atom stereocenters. The van der Waals surface area contributed by atoms with Gasteiger partial charge in [0.15, 0.2) is 0 Å². The number of rotatable bonds is 13. The third kappa shape index (κ3) is 6.59. The molecule has 1 aliphatic rings. The van der Waals surface area contributed by atoms with Gasteiger partial charge in [0.2, 0.25) is 10.0 Å². The van der Waals surface area contributed by atoms with E-state index in [2.05, 4.69) is 18.6 Å². The van der Waals surface area contributed by atoms with Gasteiger partial charge in [-0.3, -0.25) is 0 Å². The first-order valence-corrected chi connectivity index (χ1v) is 13.0. The van der Waals surface area contributed by atoms with Gasteiger partial charge in [-0.1, -0.05) is 89.3 Å². The molecule has 0 aliphatic heterocycles. The average Bonchev–Trinajstić information content (AvgIpc) is 3.05. The fraction of sp³-hybridized carbons (Fsp3) is 0.750. The van der Waals surface area contributed by atoms with Crippen molar-refractivity contribution in [3.8, 4) is 0 Å². The van der Waals surface area contributed by atoms with Gasteiger partial charge in [-0.05, 0) is 50.2 Å². The summed E-state index contributed by atoms with van der Waals surface area (Å²) in [6.07, 6.45) is 15.7. The minimum Gasteiger partial charge on any atom is -0.208 e. The molecule has 0 radical (unpaired) electrons. The van der Waals surface area contributed by atoms with E-state index in [0.29, 0.717) is 4.90 Å². The number of benzene rings is 1. The molecular weight excluding hydrogens is 366 g/mol. The predicted octanol–water partition coefficient (Wildman–Crippen LogP) is 6.75. The van der Waals surface area contributed by atoms with Crippen molar-refractivity contribution in [1.29, 1.82) is 0 Å². The highest BCUT2D eigenvalue weighted by atomic mass is 32.2. The van der Waals surface area contributed by atoms with Crippen LogP contribution >= 0.6 is 0 Å². The molecule has 0 aromatic heterocycles. The fourth-order valence-electron chi connectivity index (χ4n) is 4.83. The number of unbranched alkanes of at least 4 members (excludes halogenated alkanes) is 6. The minimum absolute atomic E-state index is 0.0852. The number of hydrogen-bond donors (Lipinski definition) is 1. The van der Waals surface area contributed by atoms with Crippen molar-refractivity contribution in [2.45, 2.75) is 115 Å². The Morgan fingerprint density at radius 2 is 1.50 bits per heavy atom. The number of nitrogens with one attached hydrogen (secondary N) is 1. The predicted molar refractivity (Wildman–Crippen MR) is 119 cm³/mol. The first-order chi connectivity index (χ1) is 13.4. The lowest BCUT2D eigenvalue weighted by Crippen LogP contribution is -2.44. The summed E-state index contributed by atoms with van der Waals surface area (Å²) in [4.78, 5) is 0.399. The highest BCUT2D eigenvalue weighted by Crippen LogP contribution is 2.47. The van der Waals surface area contributed by atoms with Crippen LogP contribution in [0.1, 0.15) is 103 Å². The van der Waals surface area contributed by atoms with E-state index in [0.717, 1.165) is 18.4 Å². The van der Waals surface area contributed by atoms with E-state index >= 15 is 0 Å². The third-order valence-electron chi connectivity index (χ3n) is 6.59. The van der Waals surface area contributed by atoms with Crippen molar-refractivity contribution in [2.24, 2.45) is 5.41 Å². The molecule has 1 aromatic rings. The van der Waals surface area contributed by atoms with Gasteiger partial charge in [-0.2, -0.15) is 0 Å². The summed E-state index contributed by atoms with van der Waals surface area (Å²) in [5.74, 6) is 0. The van der Waals surface area contributed by atoms with Crippen molar-refractivity contribution in [3.05, 3.63) is 29.8 Å². The van der Waals surface area contributed by atoms with Crippen LogP contribution in [0.15, 0.2) is 29.2 Å². The summed E-state index contributed by atoms with van der Waals surface area (Å²) in [5.41, 5.74) is 1.24. The van der Waals surface area contributed by atoms with E-state index in [1.165, 1.54) is 70.6 Å². The van der Waals surface area contributed by atoms with Gasteiger partial charge in [0.05, 0.1) is 4.90 Å². The van der Waals surface area contributed by atoms with Crippen molar-refractivity contribution in [1.82, 2.24) is 4.72 Å². The third-order valence-corrected chi connectivity index (χ3v) is 8.08. The molecular formula is C24H41NO2S. The molecule has 1 aromatic carbocycles. The zero-order valence-electron chi connectivity index (χ0n) is 18.3. The van der Waals surface area contributed by atoms with E-state index in [1.54, 1.807) is 12.1 Å². The Kier molecular flexibility index (Phi) is 9.49. The number of sulfonamides is 1. The molecule has 0 amide bonds. The second-order valence-corrected chi connectivity index (χ2v) is 10.6. The lowest BCUT2D eigenvalue weighted by atomic mass is 9.74. The zero-order chi connectivity index (χ0) is 20.5. The highest BCUT2D eigenvalue weighted by Gasteiger charge is 2.43. The second-order valence-electron chi connectivity index (χ2n) is 8.86. The molecule has 1 fully saturated rings. The molecule has 1 saturated carbocycles. The first kappa shape index (κ1) is 23.4. The topological polar surface area (TPSA) is 46.2 Å². The summed E-state index contributed by atoms with van der Waals surface area (Å²) < 4.78 is 29.2. The van der Waals surface area contributed by atoms with Crippen LogP contribution in [0.3, 0.4) is 0 Å². The Morgan fingerprint density at radius 3 is 2.04 bits per heavy atom. The Labute approximate surface area is 173 Å². The highest BCUT2D eigenvalue weighted by molar-refractivity contribution is 7.89. The van der Waals surface area contributed by atoms with Gasteiger partial charge < -0.3 is 0 Å². The Balaban J connectivity index is 2.11. The number of aryl methyl sites for hydroxylation is 1. The maximum absolute atomic E-state index is 13.0. The van der Waals surface area contributed by atoms with Crippen LogP contribution in [0.4, 0.5) is 0 Å². The van der Waals surface area contributed by atoms with Crippen molar-refractivity contribution >= 4 is 10.0 Å². The Hall–Kier alpha value is -0.870. The summed E-state index contributed by atoms with van der Waals surface area (Å²) in [6.45, 7) is 6.47. The molecule has 1 N–H and O–H groups in total. The average molecular weight is 408 g/mol. The van der Waals surface area contributed by atoms with Crippen molar-refractivity contribution in [3.63, 3.8) is 0 Å². The molecule has 2 rings (SSSR count). The first-order valence-electron chi connectivity index (χ1n) is 11.5. The summed E-state index contributed by atoms with van der Waals surface area (Å²) in [7, 11) is -3.45. The minimum atomic E-state index is -3.45. The second kappa shape index (κ2) is 11.3. The summed E-state index contributed by atoms with van der Waals surface area (Å²) in [5, 5.41) is 0. The van der Waals surface area contributed by atoms with Crippen molar-refractivity contribution < 1.29 is 8.42 Å². The maximum Gasteiger partial charge on any atom is 0.240 e. The van der Waals surface area contributed by atoms with E-state index in [9.17, 15) is 8.42 Å². The monoisotopic (exact) mass is 407 g/mol. The maximum atomic E-state index is 13.0. The van der Waals surface area contributed by atoms with Gasteiger partial charge in [-0.15, -0.1) is 0 Å². The van der Waals surface area contributed by atoms with E-state index in [-0.39, 0.29) is 11.5 Å². The summed E-state index contributed by atoms with van der Waals surface area (Å²) >= 11 is 0. The molecule has 0 heterocycles. The fourth-order valence-corrected chi connectivity index (χ4v) is 6.20. The lowest BCUT2D eigenvalue weighted by molar-refractivity contribution is 0.190. The smallest absolute Gasteiger partial charge is 0.208 e. The van der Waals surface area contributed by atoms with Gasteiger partial charge in [0, 0.05) is 6.04 Å². The molecule has 0 saturated heterocycles. The van der Waals surface area contributed by atoms with E-state index in [4.69, 9.17) is 0 Å². The van der Waals surface area contributed by atoms with E-state index in [1.807, 2.05) is 19.1 Å². The molecule has 0 spiro atoms. The van der Waals surface area contributed by atoms with Gasteiger partial charge in [0.25, 0.3) is 0 Å². The molecule has 0 unspecified atom stereocenters. The molecule has 0 bridgehead atoms. The Morgan fingerprint density at radius 1 is 0.929 bits per heavy atom. The van der Waals surface area contributed by atoms with Gasteiger partial charge >= 0.3 is 0 Å². The lowest BCUT2D eigenvalue weighted by Gasteiger charge is -2.36. The SMILES string of the molecule is CCCCCCC1(CCCCCC)CCC[C@@H]1NS(=O)(=O)c1ccc(C)cc1. The standard InChI is InChI=1S/C24H41NO2S/c1-4-6-8-10-18-24(19-11-9-7-5-2)20-12-13-23(24)25-28(26,27)22-16-14-21(3)15-17-22/h14-17,23,25H,4-13,18-20H2,1-3H3/t23-/m0/s1. The zero-order valence-corrected chi connectivity index (χ0v) is 19.1. The van der Waals surface area contributed by atoms with Crippen LogP contribution in [-0.2, 0) is 10.0 Å². The Bertz CT molecular complexity index is 654. The van der Waals surface area contributed by atoms with Crippen LogP contribution in [0.5, 0.6) is 0 Å². The molecule has 3 nitrogen and oxygen atoms in total. The van der Waals surface area contributed by atoms with Gasteiger partial charge in [0.1, 0.15) is 0 Å². The normalized spacial score (nSPS) is 19.2. The molecule has 160 valence electrons. The van der Waals surface area contributed by atoms with Crippen LogP contribution < -0.4 is 4.72 Å². The largest absolute Gasteiger partial charge is 0.240 e. The van der Waals surface area contributed by atoms with Crippen LogP contribution in [0, 0.1) is 12.3 Å². The van der Waals surface area contributed by atoms with Crippen LogP contribution in [-0.4, -0.2) is 14.5 Å². The molecule has 4 heteroatoms. The van der Waals surface area contributed by atoms with E-state index < -0.39 is 10.0 Å². The van der Waals surface area contributed by atoms with Crippen LogP contribution in [0.25, 0.3) is 0 Å². The number of hydrogen-bond acceptors (Lipinski definition) is 2. The van der Waals surface area contributed by atoms with Crippen molar-refractivity contribution in [2.75, 3.05) is 0 Å². The summed E-state index contributed by atoms with van der Waals surface area (Å²) in [6, 6.07) is 7.31. The molecule has 28 heavy (non-hydrogen) atoms. The van der Waals surface area contributed by atoms with Gasteiger partial charge in [-0.25, -0.2) is 13.1 Å². The molecule has 1 aliphatic carbocycles. The van der Waals surface area contributed by atoms with Crippen LogP contribution in [0.2, 0.25) is 0 Å². The quantitative estimate of drug-likeness (QED) is 0.367.